The average molecular weight is 442 g/mol. The number of imidazole rings is 1. The number of hydrogen-bond acceptors (Lipinski definition) is 5. The maximum Gasteiger partial charge on any atom is 0.256 e. The standard InChI is InChI=1S/C21H23N5O4S/c1-31(29,30)24-16-11-17(21(28)25-10-8-22-19(27)13-25)20-18(12-16)23-14-26(20)9-7-15-5-3-2-4-6-15/h2-6,11-12,14,24H,7-10,13H2,1H3,(H,22,27). The Hall–Kier alpha value is -3.40. The van der Waals surface area contributed by atoms with Crippen LogP contribution in [0.4, 0.5) is 5.69 Å². The molecule has 31 heavy (non-hydrogen) atoms. The van der Waals surface area contributed by atoms with Crippen LogP contribution in [0.2, 0.25) is 0 Å². The van der Waals surface area contributed by atoms with Gasteiger partial charge in [-0.3, -0.25) is 14.3 Å². The molecule has 1 aromatic heterocycles. The average Bonchev–Trinajstić information content (AvgIpc) is 3.13. The van der Waals surface area contributed by atoms with Gasteiger partial charge in [0.2, 0.25) is 15.9 Å². The molecule has 0 saturated carbocycles. The second-order valence-corrected chi connectivity index (χ2v) is 9.26. The molecule has 1 saturated heterocycles. The lowest BCUT2D eigenvalue weighted by Gasteiger charge is -2.27. The first-order valence-corrected chi connectivity index (χ1v) is 11.8. The van der Waals surface area contributed by atoms with Crippen molar-refractivity contribution < 1.29 is 18.0 Å². The summed E-state index contributed by atoms with van der Waals surface area (Å²) in [6.45, 7) is 1.32. The highest BCUT2D eigenvalue weighted by Gasteiger charge is 2.26. The van der Waals surface area contributed by atoms with Gasteiger partial charge in [-0.25, -0.2) is 13.4 Å². The fourth-order valence-corrected chi connectivity index (χ4v) is 4.24. The number of aryl methyl sites for hydroxylation is 2. The van der Waals surface area contributed by atoms with E-state index in [2.05, 4.69) is 15.0 Å². The normalized spacial score (nSPS) is 14.5. The minimum atomic E-state index is -3.53. The summed E-state index contributed by atoms with van der Waals surface area (Å²) in [6.07, 6.45) is 3.44. The molecule has 4 rings (SSSR count). The van der Waals surface area contributed by atoms with E-state index in [-0.39, 0.29) is 24.0 Å². The maximum atomic E-state index is 13.3. The SMILES string of the molecule is CS(=O)(=O)Nc1cc(C(=O)N2CCNC(=O)C2)c2c(c1)ncn2CCc1ccccc1. The Morgan fingerprint density at radius 1 is 1.23 bits per heavy atom. The second-order valence-electron chi connectivity index (χ2n) is 7.52. The number of sulfonamides is 1. The van der Waals surface area contributed by atoms with E-state index in [1.54, 1.807) is 12.4 Å². The molecule has 1 aliphatic rings. The molecule has 9 nitrogen and oxygen atoms in total. The number of fused-ring (bicyclic) bond motifs is 1. The zero-order valence-corrected chi connectivity index (χ0v) is 17.9. The van der Waals surface area contributed by atoms with Crippen LogP contribution in [0.1, 0.15) is 15.9 Å². The summed E-state index contributed by atoms with van der Waals surface area (Å²) >= 11 is 0. The number of rotatable bonds is 6. The van der Waals surface area contributed by atoms with Gasteiger partial charge in [-0.05, 0) is 24.1 Å². The van der Waals surface area contributed by atoms with Crippen LogP contribution < -0.4 is 10.0 Å². The van der Waals surface area contributed by atoms with Crippen LogP contribution in [-0.2, 0) is 27.8 Å². The van der Waals surface area contributed by atoms with Crippen molar-refractivity contribution in [2.24, 2.45) is 0 Å². The zero-order chi connectivity index (χ0) is 22.0. The van der Waals surface area contributed by atoms with Crippen molar-refractivity contribution >= 4 is 38.6 Å². The number of anilines is 1. The van der Waals surface area contributed by atoms with Crippen LogP contribution in [0.15, 0.2) is 48.8 Å². The highest BCUT2D eigenvalue weighted by atomic mass is 32.2. The number of aromatic nitrogens is 2. The molecule has 2 amide bonds. The van der Waals surface area contributed by atoms with Gasteiger partial charge in [0.15, 0.2) is 0 Å². The Morgan fingerprint density at radius 3 is 2.71 bits per heavy atom. The van der Waals surface area contributed by atoms with Gasteiger partial charge in [-0.2, -0.15) is 0 Å². The Labute approximate surface area is 180 Å². The highest BCUT2D eigenvalue weighted by molar-refractivity contribution is 7.92. The molecule has 2 N–H and O–H groups in total. The predicted octanol–water partition coefficient (Wildman–Crippen LogP) is 1.22. The van der Waals surface area contributed by atoms with Crippen LogP contribution in [0.3, 0.4) is 0 Å². The number of benzene rings is 2. The molecule has 0 bridgehead atoms. The van der Waals surface area contributed by atoms with Gasteiger partial charge in [0.1, 0.15) is 0 Å². The predicted molar refractivity (Wildman–Crippen MR) is 117 cm³/mol. The van der Waals surface area contributed by atoms with Gasteiger partial charge in [-0.15, -0.1) is 0 Å². The van der Waals surface area contributed by atoms with Crippen molar-refractivity contribution in [2.45, 2.75) is 13.0 Å². The molecule has 1 fully saturated rings. The third-order valence-corrected chi connectivity index (χ3v) is 5.66. The minimum absolute atomic E-state index is 0.0395. The number of piperazine rings is 1. The third kappa shape index (κ3) is 4.85. The van der Waals surface area contributed by atoms with E-state index in [0.29, 0.717) is 36.2 Å². The van der Waals surface area contributed by atoms with Crippen molar-refractivity contribution in [1.29, 1.82) is 0 Å². The first kappa shape index (κ1) is 20.9. The summed E-state index contributed by atoms with van der Waals surface area (Å²) in [5, 5.41) is 2.70. The smallest absolute Gasteiger partial charge is 0.256 e. The fraction of sp³-hybridized carbons (Fsp3) is 0.286. The third-order valence-electron chi connectivity index (χ3n) is 5.06. The largest absolute Gasteiger partial charge is 0.353 e. The molecule has 1 aliphatic heterocycles. The van der Waals surface area contributed by atoms with Gasteiger partial charge in [0.25, 0.3) is 5.91 Å². The van der Waals surface area contributed by atoms with Crippen molar-refractivity contribution in [3.8, 4) is 0 Å². The van der Waals surface area contributed by atoms with E-state index in [4.69, 9.17) is 0 Å². The van der Waals surface area contributed by atoms with Crippen molar-refractivity contribution in [2.75, 3.05) is 30.6 Å². The summed E-state index contributed by atoms with van der Waals surface area (Å²) in [5.41, 5.74) is 2.84. The number of nitrogens with zero attached hydrogens (tertiary/aromatic N) is 3. The number of nitrogens with one attached hydrogen (secondary N) is 2. The van der Waals surface area contributed by atoms with E-state index < -0.39 is 10.0 Å². The van der Waals surface area contributed by atoms with E-state index in [1.807, 2.05) is 34.9 Å². The molecule has 0 atom stereocenters. The summed E-state index contributed by atoms with van der Waals surface area (Å²) < 4.78 is 27.8. The van der Waals surface area contributed by atoms with Gasteiger partial charge < -0.3 is 14.8 Å². The molecule has 0 radical (unpaired) electrons. The number of hydrogen-bond donors (Lipinski definition) is 2. The molecular weight excluding hydrogens is 418 g/mol. The highest BCUT2D eigenvalue weighted by Crippen LogP contribution is 2.26. The lowest BCUT2D eigenvalue weighted by Crippen LogP contribution is -2.50. The second kappa shape index (κ2) is 8.38. The number of carbonyl (C=O) groups excluding carboxylic acids is 2. The first-order valence-electron chi connectivity index (χ1n) is 9.87. The molecule has 10 heteroatoms. The van der Waals surface area contributed by atoms with Crippen LogP contribution in [-0.4, -0.2) is 60.6 Å². The Kier molecular flexibility index (Phi) is 5.64. The first-order chi connectivity index (χ1) is 14.8. The van der Waals surface area contributed by atoms with E-state index in [0.717, 1.165) is 18.2 Å². The number of carbonyl (C=O) groups is 2. The van der Waals surface area contributed by atoms with Crippen LogP contribution in [0, 0.1) is 0 Å². The molecule has 3 aromatic rings. The van der Waals surface area contributed by atoms with E-state index in [9.17, 15) is 18.0 Å². The molecule has 2 aromatic carbocycles. The van der Waals surface area contributed by atoms with Gasteiger partial charge in [-0.1, -0.05) is 30.3 Å². The van der Waals surface area contributed by atoms with Crippen LogP contribution in [0.5, 0.6) is 0 Å². The van der Waals surface area contributed by atoms with Crippen molar-refractivity contribution in [3.05, 3.63) is 59.9 Å². The maximum absolute atomic E-state index is 13.3. The summed E-state index contributed by atoms with van der Waals surface area (Å²) in [5.74, 6) is -0.558. The number of amides is 2. The molecule has 162 valence electrons. The van der Waals surface area contributed by atoms with Gasteiger partial charge >= 0.3 is 0 Å². The van der Waals surface area contributed by atoms with E-state index in [1.165, 1.54) is 11.0 Å². The van der Waals surface area contributed by atoms with E-state index >= 15 is 0 Å². The van der Waals surface area contributed by atoms with Crippen LogP contribution >= 0.6 is 0 Å². The summed E-state index contributed by atoms with van der Waals surface area (Å²) in [6, 6.07) is 13.1. The van der Waals surface area contributed by atoms with Gasteiger partial charge in [0, 0.05) is 19.6 Å². The zero-order valence-electron chi connectivity index (χ0n) is 17.0. The fourth-order valence-electron chi connectivity index (χ4n) is 3.69. The van der Waals surface area contributed by atoms with Crippen molar-refractivity contribution in [1.82, 2.24) is 19.8 Å². The summed E-state index contributed by atoms with van der Waals surface area (Å²) in [7, 11) is -3.53. The molecule has 0 spiro atoms. The van der Waals surface area contributed by atoms with Crippen LogP contribution in [0.25, 0.3) is 11.0 Å². The summed E-state index contributed by atoms with van der Waals surface area (Å²) in [4.78, 5) is 31.0. The lowest BCUT2D eigenvalue weighted by molar-refractivity contribution is -0.123. The Morgan fingerprint density at radius 2 is 2.00 bits per heavy atom. The minimum Gasteiger partial charge on any atom is -0.353 e. The topological polar surface area (TPSA) is 113 Å². The van der Waals surface area contributed by atoms with Gasteiger partial charge in [0.05, 0.1) is 41.4 Å². The monoisotopic (exact) mass is 441 g/mol. The lowest BCUT2D eigenvalue weighted by atomic mass is 10.1. The molecular formula is C21H23N5O4S. The molecule has 0 aliphatic carbocycles. The quantitative estimate of drug-likeness (QED) is 0.597. The molecule has 0 unspecified atom stereocenters. The molecule has 2 heterocycles. The Balaban J connectivity index is 1.74. The van der Waals surface area contributed by atoms with Crippen molar-refractivity contribution in [3.63, 3.8) is 0 Å². The Bertz CT molecular complexity index is 1240.